The molecule has 0 saturated carbocycles. The van der Waals surface area contributed by atoms with E-state index in [0.29, 0.717) is 26.2 Å². The molecule has 0 spiro atoms. The molecule has 0 aromatic heterocycles. The molecule has 0 bridgehead atoms. The van der Waals surface area contributed by atoms with E-state index in [1.807, 2.05) is 20.8 Å². The molecule has 5 nitrogen and oxygen atoms in total. The van der Waals surface area contributed by atoms with Crippen molar-refractivity contribution < 1.29 is 23.4 Å². The Labute approximate surface area is 183 Å². The summed E-state index contributed by atoms with van der Waals surface area (Å²) >= 11 is 0. The van der Waals surface area contributed by atoms with Gasteiger partial charge in [-0.05, 0) is 63.1 Å². The topological polar surface area (TPSA) is 53.0 Å². The summed E-state index contributed by atoms with van der Waals surface area (Å²) in [6, 6.07) is 12.6. The molecule has 0 atom stereocenters. The summed E-state index contributed by atoms with van der Waals surface area (Å²) < 4.78 is 32.3. The quantitative estimate of drug-likeness (QED) is 0.767. The largest absolute Gasteiger partial charge is 0.444 e. The Morgan fingerprint density at radius 1 is 0.935 bits per heavy atom. The smallest absolute Gasteiger partial charge is 0.410 e. The molecular weight excluding hydrogens is 402 g/mol. The van der Waals surface area contributed by atoms with Gasteiger partial charge in [0.25, 0.3) is 0 Å². The van der Waals surface area contributed by atoms with E-state index in [4.69, 9.17) is 9.84 Å². The van der Waals surface area contributed by atoms with Crippen LogP contribution in [-0.2, 0) is 4.74 Å². The average Bonchev–Trinajstić information content (AvgIpc) is 2.71. The van der Waals surface area contributed by atoms with Gasteiger partial charge in [-0.3, -0.25) is 4.90 Å². The van der Waals surface area contributed by atoms with Gasteiger partial charge in [0.1, 0.15) is 17.2 Å². The van der Waals surface area contributed by atoms with Crippen molar-refractivity contribution in [3.05, 3.63) is 71.3 Å². The molecule has 1 N–H and O–H groups in total. The molecule has 0 unspecified atom stereocenters. The fourth-order valence-corrected chi connectivity index (χ4v) is 3.39. The third kappa shape index (κ3) is 7.60. The molecule has 1 saturated heterocycles. The van der Waals surface area contributed by atoms with Crippen LogP contribution in [0.1, 0.15) is 44.9 Å². The first kappa shape index (κ1) is 24.8. The second-order valence-corrected chi connectivity index (χ2v) is 8.33. The molecule has 0 aliphatic carbocycles. The van der Waals surface area contributed by atoms with Crippen LogP contribution in [0.3, 0.4) is 0 Å². The minimum Gasteiger partial charge on any atom is -0.444 e. The van der Waals surface area contributed by atoms with E-state index in [2.05, 4.69) is 4.90 Å². The number of halogens is 2. The molecule has 1 aliphatic heterocycles. The van der Waals surface area contributed by atoms with E-state index in [9.17, 15) is 13.6 Å². The molecule has 1 amide bonds. The summed E-state index contributed by atoms with van der Waals surface area (Å²) in [6.45, 7) is 9.82. The molecule has 0 radical (unpaired) electrons. The van der Waals surface area contributed by atoms with E-state index < -0.39 is 5.60 Å². The highest BCUT2D eigenvalue weighted by molar-refractivity contribution is 5.68. The number of carbonyl (C=O) groups is 1. The maximum Gasteiger partial charge on any atom is 0.410 e. The molecule has 31 heavy (non-hydrogen) atoms. The second-order valence-electron chi connectivity index (χ2n) is 8.33. The van der Waals surface area contributed by atoms with Gasteiger partial charge >= 0.3 is 6.09 Å². The van der Waals surface area contributed by atoms with Gasteiger partial charge in [-0.2, -0.15) is 0 Å². The minimum absolute atomic E-state index is 0.137. The number of amides is 1. The van der Waals surface area contributed by atoms with Gasteiger partial charge in [0.15, 0.2) is 0 Å². The van der Waals surface area contributed by atoms with Crippen molar-refractivity contribution in [2.75, 3.05) is 32.8 Å². The first-order chi connectivity index (χ1) is 14.6. The van der Waals surface area contributed by atoms with Crippen molar-refractivity contribution in [3.63, 3.8) is 0 Å². The summed E-state index contributed by atoms with van der Waals surface area (Å²) in [4.78, 5) is 16.2. The van der Waals surface area contributed by atoms with Crippen LogP contribution in [-0.4, -0.2) is 59.4 Å². The fourth-order valence-electron chi connectivity index (χ4n) is 3.39. The molecule has 1 aliphatic rings. The predicted molar refractivity (Wildman–Crippen MR) is 117 cm³/mol. The molecule has 170 valence electrons. The molecule has 2 aromatic carbocycles. The fraction of sp³-hybridized carbons (Fsp3) is 0.458. The lowest BCUT2D eigenvalue weighted by molar-refractivity contribution is 0.0119. The molecule has 1 fully saturated rings. The monoisotopic (exact) mass is 434 g/mol. The van der Waals surface area contributed by atoms with Crippen LogP contribution in [0.2, 0.25) is 0 Å². The van der Waals surface area contributed by atoms with Crippen LogP contribution in [0, 0.1) is 11.6 Å². The maximum absolute atomic E-state index is 13.4. The van der Waals surface area contributed by atoms with Crippen LogP contribution >= 0.6 is 0 Å². The Kier molecular flexibility index (Phi) is 8.95. The van der Waals surface area contributed by atoms with E-state index in [1.54, 1.807) is 36.1 Å². The van der Waals surface area contributed by atoms with Crippen molar-refractivity contribution in [1.82, 2.24) is 9.80 Å². The summed E-state index contributed by atoms with van der Waals surface area (Å²) in [7, 11) is 0. The lowest BCUT2D eigenvalue weighted by Gasteiger charge is -2.40. The SMILES string of the molecule is CC(C)(C)OC(=O)N1CCN(C(c2ccc(F)cc2)c2ccc(F)cc2)CC1.CCO. The Hall–Kier alpha value is -2.51. The number of ether oxygens (including phenoxy) is 1. The maximum atomic E-state index is 13.4. The van der Waals surface area contributed by atoms with Crippen molar-refractivity contribution in [3.8, 4) is 0 Å². The molecule has 7 heteroatoms. The van der Waals surface area contributed by atoms with Crippen molar-refractivity contribution >= 4 is 6.09 Å². The number of nitrogens with zero attached hydrogens (tertiary/aromatic N) is 2. The molecule has 2 aromatic rings. The lowest BCUT2D eigenvalue weighted by Crippen LogP contribution is -2.51. The number of hydrogen-bond acceptors (Lipinski definition) is 4. The van der Waals surface area contributed by atoms with E-state index in [0.717, 1.165) is 11.1 Å². The average molecular weight is 435 g/mol. The second kappa shape index (κ2) is 11.2. The lowest BCUT2D eigenvalue weighted by atomic mass is 9.96. The number of piperazine rings is 1. The van der Waals surface area contributed by atoms with E-state index >= 15 is 0 Å². The highest BCUT2D eigenvalue weighted by Crippen LogP contribution is 2.30. The van der Waals surface area contributed by atoms with Crippen LogP contribution in [0.4, 0.5) is 13.6 Å². The summed E-state index contributed by atoms with van der Waals surface area (Å²) in [5, 5.41) is 7.57. The van der Waals surface area contributed by atoms with Gasteiger partial charge in [-0.1, -0.05) is 24.3 Å². The van der Waals surface area contributed by atoms with Crippen LogP contribution < -0.4 is 0 Å². The van der Waals surface area contributed by atoms with Crippen molar-refractivity contribution in [1.29, 1.82) is 0 Å². The Morgan fingerprint density at radius 3 is 1.68 bits per heavy atom. The van der Waals surface area contributed by atoms with Crippen molar-refractivity contribution in [2.45, 2.75) is 39.3 Å². The van der Waals surface area contributed by atoms with Gasteiger partial charge < -0.3 is 14.7 Å². The van der Waals surface area contributed by atoms with Crippen molar-refractivity contribution in [2.24, 2.45) is 0 Å². The Balaban J connectivity index is 0.00000107. The Bertz CT molecular complexity index is 767. The Morgan fingerprint density at radius 2 is 1.32 bits per heavy atom. The predicted octanol–water partition coefficient (Wildman–Crippen LogP) is 4.61. The number of carbonyl (C=O) groups excluding carboxylic acids is 1. The number of rotatable bonds is 3. The highest BCUT2D eigenvalue weighted by Gasteiger charge is 2.30. The number of benzene rings is 2. The van der Waals surface area contributed by atoms with Crippen LogP contribution in [0.5, 0.6) is 0 Å². The summed E-state index contributed by atoms with van der Waals surface area (Å²) in [6.07, 6.45) is -0.313. The first-order valence-electron chi connectivity index (χ1n) is 10.5. The summed E-state index contributed by atoms with van der Waals surface area (Å²) in [5.41, 5.74) is 1.33. The zero-order valence-electron chi connectivity index (χ0n) is 18.6. The van der Waals surface area contributed by atoms with Gasteiger partial charge in [-0.15, -0.1) is 0 Å². The number of aliphatic hydroxyl groups excluding tert-OH is 1. The van der Waals surface area contributed by atoms with E-state index in [1.165, 1.54) is 24.3 Å². The third-order valence-corrected chi connectivity index (χ3v) is 4.70. The first-order valence-corrected chi connectivity index (χ1v) is 10.5. The number of hydrogen-bond donors (Lipinski definition) is 1. The normalized spacial score (nSPS) is 14.8. The molecule has 1 heterocycles. The third-order valence-electron chi connectivity index (χ3n) is 4.70. The highest BCUT2D eigenvalue weighted by atomic mass is 19.1. The zero-order chi connectivity index (χ0) is 23.0. The molecule has 3 rings (SSSR count). The number of aliphatic hydroxyl groups is 1. The van der Waals surface area contributed by atoms with Crippen LogP contribution in [0.25, 0.3) is 0 Å². The molecular formula is C24H32F2N2O3. The minimum atomic E-state index is -0.529. The van der Waals surface area contributed by atoms with Crippen LogP contribution in [0.15, 0.2) is 48.5 Å². The van der Waals surface area contributed by atoms with Gasteiger partial charge in [0.05, 0.1) is 6.04 Å². The summed E-state index contributed by atoms with van der Waals surface area (Å²) in [5.74, 6) is -0.590. The van der Waals surface area contributed by atoms with E-state index in [-0.39, 0.29) is 30.4 Å². The zero-order valence-corrected chi connectivity index (χ0v) is 18.6. The van der Waals surface area contributed by atoms with Gasteiger partial charge in [-0.25, -0.2) is 13.6 Å². The standard InChI is InChI=1S/C22H26F2N2O2.C2H6O/c1-22(2,3)28-21(27)26-14-12-25(13-15-26)20(16-4-8-18(23)9-5-16)17-6-10-19(24)11-7-17;1-2-3/h4-11,20H,12-15H2,1-3H3;3H,2H2,1H3. The van der Waals surface area contributed by atoms with Gasteiger partial charge in [0, 0.05) is 32.8 Å². The van der Waals surface area contributed by atoms with Gasteiger partial charge in [0.2, 0.25) is 0 Å².